The minimum atomic E-state index is 0.0702. The number of amides is 1. The summed E-state index contributed by atoms with van der Waals surface area (Å²) in [6.45, 7) is 5.79. The highest BCUT2D eigenvalue weighted by atomic mass is 35.5. The van der Waals surface area contributed by atoms with Crippen molar-refractivity contribution in [2.45, 2.75) is 39.3 Å². The van der Waals surface area contributed by atoms with Crippen LogP contribution in [0.25, 0.3) is 0 Å². The summed E-state index contributed by atoms with van der Waals surface area (Å²) in [5.74, 6) is 1.30. The fraction of sp³-hybridized carbons (Fsp3) is 0.474. The van der Waals surface area contributed by atoms with E-state index < -0.39 is 0 Å². The molecule has 1 unspecified atom stereocenters. The number of hydrogen-bond donors (Lipinski definition) is 1. The average molecular weight is 394 g/mol. The van der Waals surface area contributed by atoms with E-state index in [1.165, 1.54) is 11.3 Å². The third kappa shape index (κ3) is 4.55. The lowest BCUT2D eigenvalue weighted by atomic mass is 9.91. The van der Waals surface area contributed by atoms with Gasteiger partial charge in [-0.3, -0.25) is 4.79 Å². The number of aryl methyl sites for hydroxylation is 1. The number of benzene rings is 1. The van der Waals surface area contributed by atoms with Crippen LogP contribution in [0.3, 0.4) is 0 Å². The van der Waals surface area contributed by atoms with Crippen molar-refractivity contribution in [3.63, 3.8) is 0 Å². The van der Waals surface area contributed by atoms with Crippen molar-refractivity contribution in [3.8, 4) is 5.75 Å². The van der Waals surface area contributed by atoms with E-state index in [-0.39, 0.29) is 11.9 Å². The van der Waals surface area contributed by atoms with Gasteiger partial charge >= 0.3 is 0 Å². The number of rotatable bonds is 5. The first-order valence-corrected chi connectivity index (χ1v) is 10.0. The fourth-order valence-corrected chi connectivity index (χ4v) is 4.23. The first-order valence-electron chi connectivity index (χ1n) is 8.83. The maximum Gasteiger partial charge on any atom is 0.265 e. The van der Waals surface area contributed by atoms with E-state index in [1.807, 2.05) is 30.9 Å². The number of nitrogens with zero attached hydrogens (tertiary/aromatic N) is 2. The molecule has 140 valence electrons. The fourth-order valence-electron chi connectivity index (χ4n) is 3.16. The number of nitrogens with two attached hydrogens (primary N) is 1. The van der Waals surface area contributed by atoms with Crippen molar-refractivity contribution < 1.29 is 9.53 Å². The molecule has 3 rings (SSSR count). The Morgan fingerprint density at radius 2 is 2.04 bits per heavy atom. The maximum atomic E-state index is 12.8. The lowest BCUT2D eigenvalue weighted by Crippen LogP contribution is -2.42. The topological polar surface area (TPSA) is 68.5 Å². The van der Waals surface area contributed by atoms with Crippen molar-refractivity contribution in [3.05, 3.63) is 44.9 Å². The quantitative estimate of drug-likeness (QED) is 0.836. The molecule has 1 fully saturated rings. The van der Waals surface area contributed by atoms with Crippen LogP contribution in [0, 0.1) is 12.8 Å². The molecule has 1 aliphatic rings. The third-order valence-electron chi connectivity index (χ3n) is 4.78. The minimum absolute atomic E-state index is 0.0702. The summed E-state index contributed by atoms with van der Waals surface area (Å²) < 4.78 is 5.73. The minimum Gasteiger partial charge on any atom is -0.486 e. The normalized spacial score (nSPS) is 16.5. The molecule has 26 heavy (non-hydrogen) atoms. The van der Waals surface area contributed by atoms with Crippen LogP contribution in [-0.2, 0) is 6.61 Å². The molecule has 1 aromatic carbocycles. The van der Waals surface area contributed by atoms with Crippen LogP contribution < -0.4 is 10.5 Å². The van der Waals surface area contributed by atoms with E-state index in [1.54, 1.807) is 12.1 Å². The highest BCUT2D eigenvalue weighted by Crippen LogP contribution is 2.26. The summed E-state index contributed by atoms with van der Waals surface area (Å²) in [5, 5.41) is 1.47. The van der Waals surface area contributed by atoms with Crippen molar-refractivity contribution in [1.29, 1.82) is 0 Å². The van der Waals surface area contributed by atoms with E-state index in [0.29, 0.717) is 22.4 Å². The molecule has 0 spiro atoms. The second-order valence-corrected chi connectivity index (χ2v) is 8.27. The first kappa shape index (κ1) is 19.1. The third-order valence-corrected chi connectivity index (χ3v) is 6.15. The van der Waals surface area contributed by atoms with Gasteiger partial charge in [0.1, 0.15) is 22.2 Å². The Bertz CT molecular complexity index is 753. The molecule has 1 aromatic heterocycles. The zero-order valence-electron chi connectivity index (χ0n) is 15.1. The van der Waals surface area contributed by atoms with E-state index in [2.05, 4.69) is 4.98 Å². The van der Waals surface area contributed by atoms with Gasteiger partial charge < -0.3 is 15.4 Å². The Kier molecular flexibility index (Phi) is 6.16. The Labute approximate surface area is 163 Å². The van der Waals surface area contributed by atoms with Gasteiger partial charge in [-0.25, -0.2) is 4.98 Å². The number of halogens is 1. The SMILES string of the molecule is Cc1nc(COc2ccc(Cl)cc2)sc1C(=O)N1CCC(C(C)N)CC1. The second-order valence-electron chi connectivity index (χ2n) is 6.75. The molecule has 2 heterocycles. The number of likely N-dealkylation sites (tertiary alicyclic amines) is 1. The molecule has 0 bridgehead atoms. The highest BCUT2D eigenvalue weighted by molar-refractivity contribution is 7.13. The van der Waals surface area contributed by atoms with Gasteiger partial charge in [-0.05, 0) is 56.9 Å². The summed E-state index contributed by atoms with van der Waals surface area (Å²) in [7, 11) is 0. The van der Waals surface area contributed by atoms with Crippen molar-refractivity contribution >= 4 is 28.8 Å². The largest absolute Gasteiger partial charge is 0.486 e. The van der Waals surface area contributed by atoms with E-state index in [4.69, 9.17) is 22.1 Å². The lowest BCUT2D eigenvalue weighted by molar-refractivity contribution is 0.0685. The molecule has 7 heteroatoms. The van der Waals surface area contributed by atoms with Gasteiger partial charge in [-0.1, -0.05) is 11.6 Å². The van der Waals surface area contributed by atoms with Gasteiger partial charge in [-0.15, -0.1) is 11.3 Å². The maximum absolute atomic E-state index is 12.8. The summed E-state index contributed by atoms with van der Waals surface area (Å²) in [6.07, 6.45) is 1.93. The predicted molar refractivity (Wildman–Crippen MR) is 105 cm³/mol. The molecule has 0 aliphatic carbocycles. The monoisotopic (exact) mass is 393 g/mol. The van der Waals surface area contributed by atoms with Crippen LogP contribution in [0.1, 0.15) is 40.1 Å². The molecule has 1 aliphatic heterocycles. The Morgan fingerprint density at radius 1 is 1.38 bits per heavy atom. The summed E-state index contributed by atoms with van der Waals surface area (Å²) in [4.78, 5) is 20.0. The zero-order valence-corrected chi connectivity index (χ0v) is 16.6. The van der Waals surface area contributed by atoms with Crippen molar-refractivity contribution in [2.75, 3.05) is 13.1 Å². The molecule has 1 saturated heterocycles. The van der Waals surface area contributed by atoms with Crippen LogP contribution in [0.15, 0.2) is 24.3 Å². The van der Waals surface area contributed by atoms with Crippen LogP contribution in [0.5, 0.6) is 5.75 Å². The average Bonchev–Trinajstić information content (AvgIpc) is 3.01. The number of carbonyl (C=O) groups excluding carboxylic acids is 1. The Morgan fingerprint density at radius 3 is 2.65 bits per heavy atom. The molecule has 1 amide bonds. The molecule has 1 atom stereocenters. The number of thiazole rings is 1. The standard InChI is InChI=1S/C19H24ClN3O2S/c1-12(21)14-7-9-23(10-8-14)19(24)18-13(2)22-17(26-18)11-25-16-5-3-15(20)4-6-16/h3-6,12,14H,7-11,21H2,1-2H3. The van der Waals surface area contributed by atoms with Gasteiger partial charge in [0.05, 0.1) is 5.69 Å². The van der Waals surface area contributed by atoms with Crippen LogP contribution in [0.4, 0.5) is 0 Å². The Hall–Kier alpha value is -1.63. The van der Waals surface area contributed by atoms with Gasteiger partial charge in [-0.2, -0.15) is 0 Å². The summed E-state index contributed by atoms with van der Waals surface area (Å²) in [6, 6.07) is 7.39. The van der Waals surface area contributed by atoms with Crippen LogP contribution >= 0.6 is 22.9 Å². The number of ether oxygens (including phenoxy) is 1. The predicted octanol–water partition coefficient (Wildman–Crippen LogP) is 3.88. The smallest absolute Gasteiger partial charge is 0.265 e. The number of aromatic nitrogens is 1. The zero-order chi connectivity index (χ0) is 18.7. The van der Waals surface area contributed by atoms with Crippen LogP contribution in [-0.4, -0.2) is 34.9 Å². The van der Waals surface area contributed by atoms with Crippen molar-refractivity contribution in [1.82, 2.24) is 9.88 Å². The van der Waals surface area contributed by atoms with E-state index >= 15 is 0 Å². The number of piperidine rings is 1. The van der Waals surface area contributed by atoms with Crippen molar-refractivity contribution in [2.24, 2.45) is 11.7 Å². The Balaban J connectivity index is 1.60. The molecular weight excluding hydrogens is 370 g/mol. The number of carbonyl (C=O) groups is 1. The molecule has 0 radical (unpaired) electrons. The molecule has 0 saturated carbocycles. The molecule has 2 N–H and O–H groups in total. The lowest BCUT2D eigenvalue weighted by Gasteiger charge is -2.33. The van der Waals surface area contributed by atoms with E-state index in [0.717, 1.165) is 42.4 Å². The van der Waals surface area contributed by atoms with Gasteiger partial charge in [0.2, 0.25) is 0 Å². The first-order chi connectivity index (χ1) is 12.4. The summed E-state index contributed by atoms with van der Waals surface area (Å²) in [5.41, 5.74) is 6.75. The molecular formula is C19H24ClN3O2S. The van der Waals surface area contributed by atoms with Crippen LogP contribution in [0.2, 0.25) is 5.02 Å². The highest BCUT2D eigenvalue weighted by Gasteiger charge is 2.27. The molecule has 5 nitrogen and oxygen atoms in total. The van der Waals surface area contributed by atoms with Gasteiger partial charge in [0.15, 0.2) is 0 Å². The second kappa shape index (κ2) is 8.37. The van der Waals surface area contributed by atoms with Gasteiger partial charge in [0.25, 0.3) is 5.91 Å². The molecule has 2 aromatic rings. The van der Waals surface area contributed by atoms with E-state index in [9.17, 15) is 4.79 Å². The van der Waals surface area contributed by atoms with Gasteiger partial charge in [0, 0.05) is 24.2 Å². The number of hydrogen-bond acceptors (Lipinski definition) is 5. The summed E-state index contributed by atoms with van der Waals surface area (Å²) >= 11 is 7.29.